The summed E-state index contributed by atoms with van der Waals surface area (Å²) < 4.78 is 29.0. The van der Waals surface area contributed by atoms with E-state index in [2.05, 4.69) is 0 Å². The third-order valence-corrected chi connectivity index (χ3v) is 4.33. The fourth-order valence-electron chi connectivity index (χ4n) is 3.20. The Kier molecular flexibility index (Phi) is 3.69. The van der Waals surface area contributed by atoms with Crippen LogP contribution in [0, 0.1) is 11.6 Å². The van der Waals surface area contributed by atoms with Gasteiger partial charge in [-0.3, -0.25) is 0 Å². The van der Waals surface area contributed by atoms with Gasteiger partial charge in [-0.1, -0.05) is 60.7 Å². The fraction of sp³-hybridized carbons (Fsp3) is 0. The van der Waals surface area contributed by atoms with E-state index in [9.17, 15) is 13.9 Å². The van der Waals surface area contributed by atoms with Crippen LogP contribution in [0.25, 0.3) is 33.0 Å². The Morgan fingerprint density at radius 3 is 1.72 bits per heavy atom. The summed E-state index contributed by atoms with van der Waals surface area (Å²) in [5.74, 6) is -0.778. The summed E-state index contributed by atoms with van der Waals surface area (Å²) in [4.78, 5) is 0. The minimum absolute atomic E-state index is 0.0361. The van der Waals surface area contributed by atoms with Gasteiger partial charge in [0.15, 0.2) is 0 Å². The number of rotatable bonds is 2. The predicted molar refractivity (Wildman–Crippen MR) is 96.4 cm³/mol. The van der Waals surface area contributed by atoms with Crippen molar-refractivity contribution in [1.29, 1.82) is 0 Å². The average molecular weight is 332 g/mol. The first-order valence-corrected chi connectivity index (χ1v) is 7.91. The second kappa shape index (κ2) is 6.02. The monoisotopic (exact) mass is 332 g/mol. The number of hydrogen-bond donors (Lipinski definition) is 1. The van der Waals surface area contributed by atoms with Crippen molar-refractivity contribution in [2.45, 2.75) is 0 Å². The lowest BCUT2D eigenvalue weighted by Crippen LogP contribution is -1.93. The van der Waals surface area contributed by atoms with Crippen LogP contribution in [0.5, 0.6) is 5.75 Å². The van der Waals surface area contributed by atoms with Gasteiger partial charge in [-0.25, -0.2) is 8.78 Å². The first-order valence-electron chi connectivity index (χ1n) is 7.91. The molecule has 1 N–H and O–H groups in total. The van der Waals surface area contributed by atoms with Crippen LogP contribution in [0.15, 0.2) is 78.9 Å². The third-order valence-electron chi connectivity index (χ3n) is 4.33. The molecule has 4 aromatic carbocycles. The minimum atomic E-state index is -0.422. The molecule has 0 bridgehead atoms. The van der Waals surface area contributed by atoms with Gasteiger partial charge in [0, 0.05) is 22.1 Å². The van der Waals surface area contributed by atoms with E-state index < -0.39 is 11.6 Å². The average Bonchev–Trinajstić information content (AvgIpc) is 2.63. The van der Waals surface area contributed by atoms with E-state index in [-0.39, 0.29) is 5.75 Å². The first kappa shape index (κ1) is 15.3. The molecular formula is C22H14F2O. The topological polar surface area (TPSA) is 20.2 Å². The second-order valence-electron chi connectivity index (χ2n) is 5.82. The normalized spacial score (nSPS) is 11.0. The Labute approximate surface area is 143 Å². The molecule has 122 valence electrons. The van der Waals surface area contributed by atoms with Gasteiger partial charge in [0.1, 0.15) is 17.4 Å². The van der Waals surface area contributed by atoms with Crippen molar-refractivity contribution in [2.75, 3.05) is 0 Å². The molecular weight excluding hydrogens is 318 g/mol. The van der Waals surface area contributed by atoms with Gasteiger partial charge in [0.05, 0.1) is 0 Å². The summed E-state index contributed by atoms with van der Waals surface area (Å²) >= 11 is 0. The van der Waals surface area contributed by atoms with Crippen molar-refractivity contribution >= 4 is 10.8 Å². The molecule has 0 saturated heterocycles. The molecule has 4 aromatic rings. The number of aromatic hydroxyl groups is 1. The molecule has 3 heteroatoms. The molecule has 0 radical (unpaired) electrons. The molecule has 0 amide bonds. The lowest BCUT2D eigenvalue weighted by Gasteiger charge is -2.16. The fourth-order valence-corrected chi connectivity index (χ4v) is 3.20. The van der Waals surface area contributed by atoms with E-state index in [1.807, 2.05) is 6.07 Å². The number of hydrogen-bond acceptors (Lipinski definition) is 1. The molecule has 25 heavy (non-hydrogen) atoms. The number of phenolic OH excluding ortho intramolecular Hbond substituents is 1. The molecule has 0 aliphatic heterocycles. The summed E-state index contributed by atoms with van der Waals surface area (Å²) in [6.45, 7) is 0. The standard InChI is InChI=1S/C22H14F2O/c23-19-11-5-3-7-14(19)18-13-21(25)15-8-1-2-9-16(15)22(18)17-10-4-6-12-20(17)24/h1-13,25H. The van der Waals surface area contributed by atoms with E-state index in [0.29, 0.717) is 33.0 Å². The summed E-state index contributed by atoms with van der Waals surface area (Å²) in [6.07, 6.45) is 0. The van der Waals surface area contributed by atoms with Crippen molar-refractivity contribution in [3.63, 3.8) is 0 Å². The Morgan fingerprint density at radius 1 is 0.560 bits per heavy atom. The Morgan fingerprint density at radius 2 is 1.08 bits per heavy atom. The van der Waals surface area contributed by atoms with Gasteiger partial charge in [-0.15, -0.1) is 0 Å². The summed E-state index contributed by atoms with van der Waals surface area (Å²) in [5.41, 5.74) is 1.72. The van der Waals surface area contributed by atoms with Crippen molar-refractivity contribution in [3.05, 3.63) is 90.5 Å². The Bertz CT molecular complexity index is 1090. The lowest BCUT2D eigenvalue weighted by atomic mass is 9.89. The smallest absolute Gasteiger partial charge is 0.131 e. The maximum absolute atomic E-state index is 14.5. The van der Waals surface area contributed by atoms with Gasteiger partial charge in [0.2, 0.25) is 0 Å². The quantitative estimate of drug-likeness (QED) is 0.466. The second-order valence-corrected chi connectivity index (χ2v) is 5.82. The number of benzene rings is 4. The third kappa shape index (κ3) is 2.54. The van der Waals surface area contributed by atoms with Gasteiger partial charge < -0.3 is 5.11 Å². The van der Waals surface area contributed by atoms with Crippen molar-refractivity contribution in [1.82, 2.24) is 0 Å². The van der Waals surface area contributed by atoms with Gasteiger partial charge in [-0.2, -0.15) is 0 Å². The Hall–Kier alpha value is -3.20. The van der Waals surface area contributed by atoms with Crippen LogP contribution < -0.4 is 0 Å². The SMILES string of the molecule is Oc1cc(-c2ccccc2F)c(-c2ccccc2F)c2ccccc12. The van der Waals surface area contributed by atoms with Crippen LogP contribution in [0.2, 0.25) is 0 Å². The van der Waals surface area contributed by atoms with Crippen LogP contribution >= 0.6 is 0 Å². The van der Waals surface area contributed by atoms with Gasteiger partial charge >= 0.3 is 0 Å². The molecule has 0 aromatic heterocycles. The lowest BCUT2D eigenvalue weighted by molar-refractivity contribution is 0.482. The van der Waals surface area contributed by atoms with Crippen molar-refractivity contribution < 1.29 is 13.9 Å². The highest BCUT2D eigenvalue weighted by Crippen LogP contribution is 2.43. The molecule has 0 aliphatic rings. The Balaban J connectivity index is 2.18. The van der Waals surface area contributed by atoms with Crippen LogP contribution in [0.3, 0.4) is 0 Å². The van der Waals surface area contributed by atoms with E-state index in [4.69, 9.17) is 0 Å². The number of halogens is 2. The zero-order chi connectivity index (χ0) is 17.4. The maximum Gasteiger partial charge on any atom is 0.131 e. The largest absolute Gasteiger partial charge is 0.507 e. The molecule has 0 spiro atoms. The summed E-state index contributed by atoms with van der Waals surface area (Å²) in [6, 6.07) is 21.4. The highest BCUT2D eigenvalue weighted by atomic mass is 19.1. The molecule has 0 aliphatic carbocycles. The molecule has 1 nitrogen and oxygen atoms in total. The highest BCUT2D eigenvalue weighted by Gasteiger charge is 2.19. The van der Waals surface area contributed by atoms with Gasteiger partial charge in [-0.05, 0) is 29.1 Å². The first-order chi connectivity index (χ1) is 12.2. The molecule has 0 atom stereocenters. The van der Waals surface area contributed by atoms with Crippen LogP contribution in [-0.4, -0.2) is 5.11 Å². The number of phenols is 1. The van der Waals surface area contributed by atoms with Gasteiger partial charge in [0.25, 0.3) is 0 Å². The molecule has 0 saturated carbocycles. The van der Waals surface area contributed by atoms with E-state index in [1.54, 1.807) is 54.6 Å². The zero-order valence-electron chi connectivity index (χ0n) is 13.2. The van der Waals surface area contributed by atoms with E-state index >= 15 is 0 Å². The molecule has 0 unspecified atom stereocenters. The molecule has 4 rings (SSSR count). The van der Waals surface area contributed by atoms with E-state index in [0.717, 1.165) is 0 Å². The van der Waals surface area contributed by atoms with Crippen LogP contribution in [0.1, 0.15) is 0 Å². The van der Waals surface area contributed by atoms with Crippen LogP contribution in [0.4, 0.5) is 8.78 Å². The number of fused-ring (bicyclic) bond motifs is 1. The summed E-state index contributed by atoms with van der Waals surface area (Å²) in [7, 11) is 0. The van der Waals surface area contributed by atoms with Crippen molar-refractivity contribution in [3.8, 4) is 28.0 Å². The predicted octanol–water partition coefficient (Wildman–Crippen LogP) is 6.16. The molecule has 0 fully saturated rings. The molecule has 0 heterocycles. The van der Waals surface area contributed by atoms with E-state index in [1.165, 1.54) is 18.2 Å². The minimum Gasteiger partial charge on any atom is -0.507 e. The maximum atomic E-state index is 14.5. The zero-order valence-corrected chi connectivity index (χ0v) is 13.2. The van der Waals surface area contributed by atoms with Crippen LogP contribution in [-0.2, 0) is 0 Å². The highest BCUT2D eigenvalue weighted by molar-refractivity contribution is 6.07. The summed E-state index contributed by atoms with van der Waals surface area (Å²) in [5, 5.41) is 11.7. The van der Waals surface area contributed by atoms with Crippen molar-refractivity contribution in [2.24, 2.45) is 0 Å².